The highest BCUT2D eigenvalue weighted by Gasteiger charge is 2.22. The summed E-state index contributed by atoms with van der Waals surface area (Å²) in [5.74, 6) is 1.77. The summed E-state index contributed by atoms with van der Waals surface area (Å²) in [6, 6.07) is 67.5. The Balaban J connectivity index is 1.08. The van der Waals surface area contributed by atoms with Crippen molar-refractivity contribution in [2.75, 3.05) is 4.90 Å². The molecular formula is C48H31NO. The van der Waals surface area contributed by atoms with E-state index in [-0.39, 0.29) is 0 Å². The summed E-state index contributed by atoms with van der Waals surface area (Å²) in [4.78, 5) is 2.36. The molecule has 0 aliphatic carbocycles. The van der Waals surface area contributed by atoms with Crippen molar-refractivity contribution in [2.45, 2.75) is 0 Å². The molecule has 0 unspecified atom stereocenters. The number of hydrogen-bond acceptors (Lipinski definition) is 2. The van der Waals surface area contributed by atoms with Gasteiger partial charge in [0.2, 0.25) is 0 Å². The van der Waals surface area contributed by atoms with Crippen molar-refractivity contribution >= 4 is 49.4 Å². The first-order valence-electron chi connectivity index (χ1n) is 17.1. The van der Waals surface area contributed by atoms with E-state index in [1.165, 1.54) is 43.6 Å². The molecule has 10 rings (SSSR count). The molecule has 0 bridgehead atoms. The summed E-state index contributed by atoms with van der Waals surface area (Å²) in [5.41, 5.74) is 10.3. The zero-order valence-corrected chi connectivity index (χ0v) is 27.3. The topological polar surface area (TPSA) is 12.5 Å². The molecule has 1 heterocycles. The van der Waals surface area contributed by atoms with Gasteiger partial charge in [0.25, 0.3) is 0 Å². The van der Waals surface area contributed by atoms with Gasteiger partial charge in [0.05, 0.1) is 0 Å². The maximum atomic E-state index is 6.69. The van der Waals surface area contributed by atoms with Gasteiger partial charge in [0, 0.05) is 28.0 Å². The number of fused-ring (bicyclic) bond motifs is 4. The number of anilines is 3. The van der Waals surface area contributed by atoms with Gasteiger partial charge in [-0.1, -0.05) is 133 Å². The second-order valence-corrected chi connectivity index (χ2v) is 13.0. The monoisotopic (exact) mass is 637 g/mol. The van der Waals surface area contributed by atoms with Gasteiger partial charge in [0.15, 0.2) is 0 Å². The Morgan fingerprint density at radius 2 is 0.920 bits per heavy atom. The SMILES string of the molecule is c1ccc(-c2ccc3c4c(cccc24)-c2ccc(-c4cccc(N(c5ccc6ccccc6c5)c5ccc6ccccc6c5)c4)cc2O3)cc1. The standard InChI is InChI=1S/C48H31NO/c1-2-12-34(13-3-1)42-26-27-46-48-44(42)18-9-19-45(48)43-25-22-38(31-47(43)50-46)37-16-8-17-39(30-37)49(40-23-20-32-10-4-6-14-35(32)28-40)41-24-21-33-11-5-7-15-36(33)29-41/h1-31H. The molecule has 1 aliphatic heterocycles. The van der Waals surface area contributed by atoms with Crippen LogP contribution in [0.3, 0.4) is 0 Å². The molecule has 9 aromatic rings. The van der Waals surface area contributed by atoms with Crippen molar-refractivity contribution < 1.29 is 4.74 Å². The Hall–Kier alpha value is -6.64. The Morgan fingerprint density at radius 3 is 1.66 bits per heavy atom. The van der Waals surface area contributed by atoms with Crippen molar-refractivity contribution in [3.05, 3.63) is 188 Å². The van der Waals surface area contributed by atoms with Crippen molar-refractivity contribution in [1.82, 2.24) is 0 Å². The Morgan fingerprint density at radius 1 is 0.320 bits per heavy atom. The first kappa shape index (κ1) is 28.4. The van der Waals surface area contributed by atoms with Gasteiger partial charge in [-0.25, -0.2) is 0 Å². The fourth-order valence-corrected chi connectivity index (χ4v) is 7.58. The highest BCUT2D eigenvalue weighted by molar-refractivity contribution is 6.10. The van der Waals surface area contributed by atoms with E-state index >= 15 is 0 Å². The van der Waals surface area contributed by atoms with Crippen LogP contribution in [-0.4, -0.2) is 0 Å². The molecule has 0 saturated carbocycles. The second-order valence-electron chi connectivity index (χ2n) is 13.0. The average Bonchev–Trinajstić information content (AvgIpc) is 3.18. The molecular weight excluding hydrogens is 607 g/mol. The highest BCUT2D eigenvalue weighted by atomic mass is 16.5. The molecule has 0 N–H and O–H groups in total. The van der Waals surface area contributed by atoms with Gasteiger partial charge in [-0.15, -0.1) is 0 Å². The van der Waals surface area contributed by atoms with E-state index in [0.717, 1.165) is 50.6 Å². The summed E-state index contributed by atoms with van der Waals surface area (Å²) in [6.07, 6.45) is 0. The summed E-state index contributed by atoms with van der Waals surface area (Å²) >= 11 is 0. The molecule has 0 atom stereocenters. The Kier molecular flexibility index (Phi) is 6.53. The smallest absolute Gasteiger partial charge is 0.135 e. The van der Waals surface area contributed by atoms with Crippen LogP contribution in [0.1, 0.15) is 0 Å². The molecule has 0 spiro atoms. The first-order valence-corrected chi connectivity index (χ1v) is 17.1. The first-order chi connectivity index (χ1) is 24.8. The molecule has 2 heteroatoms. The van der Waals surface area contributed by atoms with Gasteiger partial charge in [-0.2, -0.15) is 0 Å². The van der Waals surface area contributed by atoms with Gasteiger partial charge in [-0.05, 0) is 109 Å². The van der Waals surface area contributed by atoms with Gasteiger partial charge in [0.1, 0.15) is 11.5 Å². The fourth-order valence-electron chi connectivity index (χ4n) is 7.58. The van der Waals surface area contributed by atoms with Crippen LogP contribution in [0.4, 0.5) is 17.1 Å². The van der Waals surface area contributed by atoms with E-state index in [0.29, 0.717) is 0 Å². The summed E-state index contributed by atoms with van der Waals surface area (Å²) in [5, 5.41) is 7.25. The van der Waals surface area contributed by atoms with E-state index in [4.69, 9.17) is 4.74 Å². The molecule has 50 heavy (non-hydrogen) atoms. The maximum Gasteiger partial charge on any atom is 0.135 e. The van der Waals surface area contributed by atoms with E-state index in [1.54, 1.807) is 0 Å². The minimum Gasteiger partial charge on any atom is -0.456 e. The van der Waals surface area contributed by atoms with Crippen molar-refractivity contribution in [3.8, 4) is 44.9 Å². The predicted molar refractivity (Wildman–Crippen MR) is 210 cm³/mol. The second kappa shape index (κ2) is 11.5. The van der Waals surface area contributed by atoms with Gasteiger partial charge >= 0.3 is 0 Å². The lowest BCUT2D eigenvalue weighted by Crippen LogP contribution is -2.10. The molecule has 0 fully saturated rings. The van der Waals surface area contributed by atoms with Gasteiger partial charge < -0.3 is 9.64 Å². The minimum atomic E-state index is 0.876. The third kappa shape index (κ3) is 4.73. The molecule has 0 radical (unpaired) electrons. The highest BCUT2D eigenvalue weighted by Crippen LogP contribution is 2.50. The lowest BCUT2D eigenvalue weighted by atomic mass is 9.89. The van der Waals surface area contributed by atoms with E-state index < -0.39 is 0 Å². The quantitative estimate of drug-likeness (QED) is 0.186. The van der Waals surface area contributed by atoms with E-state index in [9.17, 15) is 0 Å². The van der Waals surface area contributed by atoms with Crippen molar-refractivity contribution in [1.29, 1.82) is 0 Å². The molecule has 0 aromatic heterocycles. The average molecular weight is 638 g/mol. The van der Waals surface area contributed by atoms with Crippen LogP contribution in [0.25, 0.3) is 65.7 Å². The third-order valence-corrected chi connectivity index (χ3v) is 10.00. The maximum absolute atomic E-state index is 6.69. The Bertz CT molecular complexity index is 2670. The molecule has 0 amide bonds. The van der Waals surface area contributed by atoms with E-state index in [1.807, 2.05) is 0 Å². The zero-order valence-electron chi connectivity index (χ0n) is 27.3. The van der Waals surface area contributed by atoms with Crippen LogP contribution in [0.2, 0.25) is 0 Å². The van der Waals surface area contributed by atoms with Crippen LogP contribution < -0.4 is 9.64 Å². The molecule has 234 valence electrons. The summed E-state index contributed by atoms with van der Waals surface area (Å²) in [6.45, 7) is 0. The number of hydrogen-bond donors (Lipinski definition) is 0. The largest absolute Gasteiger partial charge is 0.456 e. The lowest BCUT2D eigenvalue weighted by Gasteiger charge is -2.27. The van der Waals surface area contributed by atoms with Crippen molar-refractivity contribution in [2.24, 2.45) is 0 Å². The molecule has 2 nitrogen and oxygen atoms in total. The van der Waals surface area contributed by atoms with Crippen molar-refractivity contribution in [3.63, 3.8) is 0 Å². The number of benzene rings is 9. The molecule has 9 aromatic carbocycles. The number of nitrogens with zero attached hydrogens (tertiary/aromatic N) is 1. The van der Waals surface area contributed by atoms with Crippen LogP contribution >= 0.6 is 0 Å². The zero-order chi connectivity index (χ0) is 33.0. The Labute approximate surface area is 291 Å². The number of ether oxygens (including phenoxy) is 1. The normalized spacial score (nSPS) is 11.8. The van der Waals surface area contributed by atoms with Crippen LogP contribution in [0.15, 0.2) is 188 Å². The number of rotatable bonds is 5. The predicted octanol–water partition coefficient (Wildman–Crippen LogP) is 13.7. The van der Waals surface area contributed by atoms with E-state index in [2.05, 4.69) is 193 Å². The summed E-state index contributed by atoms with van der Waals surface area (Å²) < 4.78 is 6.69. The minimum absolute atomic E-state index is 0.876. The van der Waals surface area contributed by atoms with Crippen LogP contribution in [0, 0.1) is 0 Å². The fraction of sp³-hybridized carbons (Fsp3) is 0. The lowest BCUT2D eigenvalue weighted by molar-refractivity contribution is 0.487. The molecule has 0 saturated heterocycles. The van der Waals surface area contributed by atoms with Crippen LogP contribution in [0.5, 0.6) is 11.5 Å². The summed E-state index contributed by atoms with van der Waals surface area (Å²) in [7, 11) is 0. The third-order valence-electron chi connectivity index (χ3n) is 10.00. The van der Waals surface area contributed by atoms with Gasteiger partial charge in [-0.3, -0.25) is 0 Å². The molecule has 1 aliphatic rings. The van der Waals surface area contributed by atoms with Crippen LogP contribution in [-0.2, 0) is 0 Å².